The average Bonchev–Trinajstić information content (AvgIpc) is 3.28. The molecule has 0 radical (unpaired) electrons. The molecule has 0 aliphatic carbocycles. The molecule has 0 saturated carbocycles. The first-order valence-corrected chi connectivity index (χ1v) is 7.93. The molecule has 0 aromatic carbocycles. The summed E-state index contributed by atoms with van der Waals surface area (Å²) < 4.78 is 31.6. The highest BCUT2D eigenvalue weighted by atomic mass is 19.3. The molecule has 0 amide bonds. The zero-order chi connectivity index (χ0) is 18.0. The van der Waals surface area contributed by atoms with Gasteiger partial charge in [0.15, 0.2) is 0 Å². The number of pyridine rings is 2. The predicted molar refractivity (Wildman–Crippen MR) is 88.1 cm³/mol. The van der Waals surface area contributed by atoms with Gasteiger partial charge in [-0.25, -0.2) is 13.8 Å². The van der Waals surface area contributed by atoms with E-state index in [9.17, 15) is 8.78 Å². The van der Waals surface area contributed by atoms with E-state index in [1.54, 1.807) is 24.5 Å². The van der Waals surface area contributed by atoms with Gasteiger partial charge >= 0.3 is 0 Å². The van der Waals surface area contributed by atoms with E-state index >= 15 is 0 Å². The second-order valence-corrected chi connectivity index (χ2v) is 5.85. The molecule has 26 heavy (non-hydrogen) atoms. The number of rotatable bonds is 2. The fraction of sp³-hybridized carbons (Fsp3) is 0.222. The Balaban J connectivity index is 1.49. The molecule has 0 unspecified atom stereocenters. The Morgan fingerprint density at radius 3 is 2.77 bits per heavy atom. The van der Waals surface area contributed by atoms with Gasteiger partial charge in [-0.2, -0.15) is 4.98 Å². The Bertz CT molecular complexity index is 960. The summed E-state index contributed by atoms with van der Waals surface area (Å²) in [6.45, 7) is -0.392. The summed E-state index contributed by atoms with van der Waals surface area (Å²) in [7, 11) is 0. The van der Waals surface area contributed by atoms with Crippen molar-refractivity contribution in [3.63, 3.8) is 0 Å². The molecule has 4 rings (SSSR count). The highest BCUT2D eigenvalue weighted by Crippen LogP contribution is 2.33. The third kappa shape index (κ3) is 3.58. The van der Waals surface area contributed by atoms with E-state index in [1.807, 2.05) is 18.2 Å². The van der Waals surface area contributed by atoms with Crippen LogP contribution in [0.1, 0.15) is 29.6 Å². The van der Waals surface area contributed by atoms with Gasteiger partial charge in [-0.05, 0) is 30.2 Å². The standard InChI is InChI=1S/C18H13F2N5O/c19-18(20)9-15(23-11-18)17-24-16(25-26-17)14-7-5-12(10-22-14)4-6-13-3-1-2-8-21-13/h1-3,5,7-8,10,15,23H,9,11H2/t15-/m0/s1. The number of alkyl halides is 2. The molecule has 3 aromatic heterocycles. The molecule has 130 valence electrons. The number of hydrogen-bond donors (Lipinski definition) is 1. The first-order valence-electron chi connectivity index (χ1n) is 7.93. The number of nitrogens with zero attached hydrogens (tertiary/aromatic N) is 4. The van der Waals surface area contributed by atoms with Crippen molar-refractivity contribution in [3.8, 4) is 23.4 Å². The lowest BCUT2D eigenvalue weighted by atomic mass is 10.2. The van der Waals surface area contributed by atoms with Crippen molar-refractivity contribution in [2.24, 2.45) is 0 Å². The highest BCUT2D eigenvalue weighted by molar-refractivity contribution is 5.50. The first-order chi connectivity index (χ1) is 12.6. The molecule has 0 spiro atoms. The summed E-state index contributed by atoms with van der Waals surface area (Å²) in [4.78, 5) is 12.5. The van der Waals surface area contributed by atoms with Crippen LogP contribution in [0.15, 0.2) is 47.2 Å². The van der Waals surface area contributed by atoms with Gasteiger partial charge in [0.05, 0.1) is 12.6 Å². The van der Waals surface area contributed by atoms with E-state index in [0.29, 0.717) is 17.0 Å². The largest absolute Gasteiger partial charge is 0.337 e. The molecule has 1 aliphatic rings. The fourth-order valence-corrected chi connectivity index (χ4v) is 2.54. The molecule has 3 aromatic rings. The zero-order valence-corrected chi connectivity index (χ0v) is 13.5. The van der Waals surface area contributed by atoms with Crippen LogP contribution in [0.3, 0.4) is 0 Å². The number of nitrogens with one attached hydrogen (secondary N) is 1. The molecule has 1 N–H and O–H groups in total. The van der Waals surface area contributed by atoms with Crippen LogP contribution in [0.5, 0.6) is 0 Å². The van der Waals surface area contributed by atoms with Crippen LogP contribution in [0, 0.1) is 11.8 Å². The Labute approximate surface area is 147 Å². The maximum atomic E-state index is 13.3. The molecular weight excluding hydrogens is 340 g/mol. The maximum absolute atomic E-state index is 13.3. The Morgan fingerprint density at radius 2 is 2.08 bits per heavy atom. The minimum absolute atomic E-state index is 0.137. The predicted octanol–water partition coefficient (Wildman–Crippen LogP) is 2.60. The molecule has 1 atom stereocenters. The third-order valence-electron chi connectivity index (χ3n) is 3.84. The van der Waals surface area contributed by atoms with Crippen LogP contribution >= 0.6 is 0 Å². The second kappa shape index (κ2) is 6.61. The molecule has 6 nitrogen and oxygen atoms in total. The van der Waals surface area contributed by atoms with E-state index in [-0.39, 0.29) is 18.1 Å². The third-order valence-corrected chi connectivity index (χ3v) is 3.84. The molecule has 1 aliphatic heterocycles. The van der Waals surface area contributed by atoms with Gasteiger partial charge in [0.2, 0.25) is 11.7 Å². The molecule has 4 heterocycles. The van der Waals surface area contributed by atoms with Gasteiger partial charge in [0, 0.05) is 24.4 Å². The van der Waals surface area contributed by atoms with Crippen molar-refractivity contribution in [1.29, 1.82) is 0 Å². The summed E-state index contributed by atoms with van der Waals surface area (Å²) in [5, 5.41) is 6.50. The van der Waals surface area contributed by atoms with E-state index < -0.39 is 18.5 Å². The van der Waals surface area contributed by atoms with Crippen molar-refractivity contribution in [2.75, 3.05) is 6.54 Å². The fourth-order valence-electron chi connectivity index (χ4n) is 2.54. The SMILES string of the molecule is FC1(F)CN[C@H](c2nc(-c3ccc(C#Cc4ccccn4)cn3)no2)C1. The van der Waals surface area contributed by atoms with Gasteiger partial charge in [-0.3, -0.25) is 10.3 Å². The minimum Gasteiger partial charge on any atom is -0.337 e. The summed E-state index contributed by atoms with van der Waals surface area (Å²) >= 11 is 0. The Hall–Kier alpha value is -3.18. The van der Waals surface area contributed by atoms with E-state index in [2.05, 4.69) is 37.3 Å². The summed E-state index contributed by atoms with van der Waals surface area (Å²) in [6, 6.07) is 8.33. The van der Waals surface area contributed by atoms with Crippen molar-refractivity contribution < 1.29 is 13.3 Å². The van der Waals surface area contributed by atoms with Crippen LogP contribution in [-0.4, -0.2) is 32.6 Å². The van der Waals surface area contributed by atoms with Gasteiger partial charge in [-0.1, -0.05) is 17.1 Å². The van der Waals surface area contributed by atoms with Gasteiger partial charge in [0.25, 0.3) is 5.92 Å². The first kappa shape index (κ1) is 16.3. The highest BCUT2D eigenvalue weighted by Gasteiger charge is 2.42. The Morgan fingerprint density at radius 1 is 1.15 bits per heavy atom. The van der Waals surface area contributed by atoms with Crippen molar-refractivity contribution >= 4 is 0 Å². The summed E-state index contributed by atoms with van der Waals surface area (Å²) in [6.07, 6.45) is 2.90. The normalized spacial score (nSPS) is 18.3. The van der Waals surface area contributed by atoms with E-state index in [1.165, 1.54) is 0 Å². The lowest BCUT2D eigenvalue weighted by Crippen LogP contribution is -2.19. The molecular formula is C18H13F2N5O. The molecule has 8 heteroatoms. The Kier molecular flexibility index (Phi) is 4.14. The minimum atomic E-state index is -2.76. The van der Waals surface area contributed by atoms with Crippen molar-refractivity contribution in [3.05, 3.63) is 59.9 Å². The average molecular weight is 353 g/mol. The van der Waals surface area contributed by atoms with Gasteiger partial charge in [0.1, 0.15) is 11.4 Å². The van der Waals surface area contributed by atoms with Crippen molar-refractivity contribution in [2.45, 2.75) is 18.4 Å². The van der Waals surface area contributed by atoms with Crippen LogP contribution < -0.4 is 5.32 Å². The molecule has 1 saturated heterocycles. The van der Waals surface area contributed by atoms with Crippen LogP contribution in [0.2, 0.25) is 0 Å². The van der Waals surface area contributed by atoms with Gasteiger partial charge < -0.3 is 4.52 Å². The monoisotopic (exact) mass is 353 g/mol. The number of aromatic nitrogens is 4. The lowest BCUT2D eigenvalue weighted by Gasteiger charge is -2.04. The summed E-state index contributed by atoms with van der Waals surface area (Å²) in [5.74, 6) is 3.53. The van der Waals surface area contributed by atoms with Gasteiger partial charge in [-0.15, -0.1) is 0 Å². The zero-order valence-electron chi connectivity index (χ0n) is 13.5. The number of hydrogen-bond acceptors (Lipinski definition) is 6. The summed E-state index contributed by atoms with van der Waals surface area (Å²) in [5.41, 5.74) is 1.86. The van der Waals surface area contributed by atoms with Crippen LogP contribution in [-0.2, 0) is 0 Å². The molecule has 0 bridgehead atoms. The smallest absolute Gasteiger partial charge is 0.262 e. The number of halogens is 2. The lowest BCUT2D eigenvalue weighted by molar-refractivity contribution is 0.0200. The second-order valence-electron chi connectivity index (χ2n) is 5.85. The quantitative estimate of drug-likeness (QED) is 0.714. The maximum Gasteiger partial charge on any atom is 0.262 e. The van der Waals surface area contributed by atoms with Crippen LogP contribution in [0.25, 0.3) is 11.5 Å². The van der Waals surface area contributed by atoms with Crippen LogP contribution in [0.4, 0.5) is 8.78 Å². The molecule has 1 fully saturated rings. The van der Waals surface area contributed by atoms with Crippen molar-refractivity contribution in [1.82, 2.24) is 25.4 Å². The van der Waals surface area contributed by atoms with E-state index in [4.69, 9.17) is 4.52 Å². The van der Waals surface area contributed by atoms with E-state index in [0.717, 1.165) is 0 Å². The topological polar surface area (TPSA) is 76.7 Å².